The molecule has 14 rings (SSSR count). The van der Waals surface area contributed by atoms with Crippen LogP contribution in [0.2, 0.25) is 0 Å². The Bertz CT molecular complexity index is 4070. The van der Waals surface area contributed by atoms with Gasteiger partial charge in [0.1, 0.15) is 11.2 Å². The maximum Gasteiger partial charge on any atom is 0.376 e. The Kier molecular flexibility index (Phi) is 9.95. The second-order valence-corrected chi connectivity index (χ2v) is 28.3. The van der Waals surface area contributed by atoms with Gasteiger partial charge in [-0.2, -0.15) is 0 Å². The molecular weight excluding hydrogens is 934 g/mol. The maximum atomic E-state index is 7.80. The van der Waals surface area contributed by atoms with Crippen molar-refractivity contribution < 1.29 is 4.42 Å². The molecule has 386 valence electrons. The fourth-order valence-corrected chi connectivity index (χ4v) is 14.5. The molecule has 0 saturated heterocycles. The predicted octanol–water partition coefficient (Wildman–Crippen LogP) is 18.9. The largest absolute Gasteiger partial charge is 0.466 e. The van der Waals surface area contributed by atoms with Crippen LogP contribution in [0.1, 0.15) is 156 Å². The SMILES string of the molecule is CC(C)(C)c1ccc(N(c2ccc(C(C)(C)C)cc2)c2cc3c4c(c2)N(c2ccc5c(c2)C(C)(C)CCC5(C)C)c2c(oc5cc6c(cc25)C(C)(C)CCC6(C)C)B4n2c4c-3cccc4c3ccc4ccccc4c32)cc1. The molecule has 4 nitrogen and oxygen atoms in total. The van der Waals surface area contributed by atoms with Crippen molar-refractivity contribution >= 4 is 95.6 Å². The van der Waals surface area contributed by atoms with Crippen molar-refractivity contribution in [2.45, 2.75) is 155 Å². The molecule has 5 heteroatoms. The molecule has 0 atom stereocenters. The average Bonchev–Trinajstić information content (AvgIpc) is 3.69. The van der Waals surface area contributed by atoms with Crippen LogP contribution in [0.5, 0.6) is 0 Å². The molecule has 0 bridgehead atoms. The van der Waals surface area contributed by atoms with E-state index in [-0.39, 0.29) is 39.3 Å². The number of benzene rings is 8. The molecule has 2 aliphatic carbocycles. The number of rotatable bonds is 4. The number of para-hydroxylation sites is 1. The molecule has 2 aliphatic heterocycles. The van der Waals surface area contributed by atoms with Gasteiger partial charge in [-0.15, -0.1) is 0 Å². The smallest absolute Gasteiger partial charge is 0.376 e. The molecule has 0 spiro atoms. The maximum absolute atomic E-state index is 7.80. The van der Waals surface area contributed by atoms with Crippen molar-refractivity contribution in [2.24, 2.45) is 0 Å². The second-order valence-electron chi connectivity index (χ2n) is 28.3. The van der Waals surface area contributed by atoms with Crippen LogP contribution in [0.3, 0.4) is 0 Å². The minimum Gasteiger partial charge on any atom is -0.466 e. The van der Waals surface area contributed by atoms with E-state index in [4.69, 9.17) is 4.42 Å². The van der Waals surface area contributed by atoms with Crippen LogP contribution in [0.4, 0.5) is 34.1 Å². The summed E-state index contributed by atoms with van der Waals surface area (Å²) in [6.07, 6.45) is 4.57. The molecule has 8 aromatic carbocycles. The Labute approximate surface area is 457 Å². The summed E-state index contributed by atoms with van der Waals surface area (Å²) in [6, 6.07) is 57.0. The van der Waals surface area contributed by atoms with Gasteiger partial charge >= 0.3 is 6.85 Å². The summed E-state index contributed by atoms with van der Waals surface area (Å²) in [7, 11) is 0. The molecule has 4 aliphatic rings. The highest BCUT2D eigenvalue weighted by Gasteiger charge is 2.49. The molecule has 0 amide bonds. The normalized spacial score (nSPS) is 17.6. The Balaban J connectivity index is 1.15. The van der Waals surface area contributed by atoms with Crippen LogP contribution in [-0.4, -0.2) is 11.3 Å². The van der Waals surface area contributed by atoms with E-state index in [0.717, 1.165) is 59.7 Å². The van der Waals surface area contributed by atoms with Crippen molar-refractivity contribution in [2.75, 3.05) is 9.80 Å². The Morgan fingerprint density at radius 3 is 1.65 bits per heavy atom. The number of hydrogen-bond acceptors (Lipinski definition) is 3. The van der Waals surface area contributed by atoms with Crippen LogP contribution in [-0.2, 0) is 32.5 Å². The molecule has 0 radical (unpaired) electrons. The summed E-state index contributed by atoms with van der Waals surface area (Å²) >= 11 is 0. The van der Waals surface area contributed by atoms with Gasteiger partial charge in [0, 0.05) is 66.6 Å². The summed E-state index contributed by atoms with van der Waals surface area (Å²) in [5, 5.41) is 6.23. The average molecular weight is 1010 g/mol. The van der Waals surface area contributed by atoms with E-state index >= 15 is 0 Å². The molecule has 0 unspecified atom stereocenters. The van der Waals surface area contributed by atoms with Gasteiger partial charge in [0.05, 0.1) is 5.69 Å². The summed E-state index contributed by atoms with van der Waals surface area (Å²) in [4.78, 5) is 5.17. The topological polar surface area (TPSA) is 24.6 Å². The lowest BCUT2D eigenvalue weighted by molar-refractivity contribution is 0.332. The van der Waals surface area contributed by atoms with Crippen molar-refractivity contribution in [3.8, 4) is 11.1 Å². The van der Waals surface area contributed by atoms with Gasteiger partial charge in [-0.25, -0.2) is 0 Å². The molecular formula is C72H74BN3O. The van der Waals surface area contributed by atoms with Gasteiger partial charge in [0.15, 0.2) is 0 Å². The Morgan fingerprint density at radius 1 is 0.468 bits per heavy atom. The molecule has 0 N–H and O–H groups in total. The monoisotopic (exact) mass is 1010 g/mol. The summed E-state index contributed by atoms with van der Waals surface area (Å²) in [5.74, 6) is 0. The minimum atomic E-state index is -0.259. The lowest BCUT2D eigenvalue weighted by Gasteiger charge is -2.43. The number of hydrogen-bond donors (Lipinski definition) is 0. The second kappa shape index (κ2) is 15.8. The number of nitrogens with zero attached hydrogens (tertiary/aromatic N) is 3. The number of furan rings is 1. The van der Waals surface area contributed by atoms with Crippen molar-refractivity contribution in [1.82, 2.24) is 4.48 Å². The third-order valence-corrected chi connectivity index (χ3v) is 19.4. The lowest BCUT2D eigenvalue weighted by atomic mass is 9.47. The van der Waals surface area contributed by atoms with Gasteiger partial charge < -0.3 is 18.7 Å². The minimum absolute atomic E-state index is 0.000563. The third kappa shape index (κ3) is 7.03. The number of fused-ring (bicyclic) bond motifs is 13. The van der Waals surface area contributed by atoms with Gasteiger partial charge in [0.25, 0.3) is 0 Å². The fraction of sp³-hybridized carbons (Fsp3) is 0.333. The fourth-order valence-electron chi connectivity index (χ4n) is 14.5. The van der Waals surface area contributed by atoms with Crippen LogP contribution >= 0.6 is 0 Å². The first kappa shape index (κ1) is 48.4. The highest BCUT2D eigenvalue weighted by Crippen LogP contribution is 2.55. The molecule has 0 fully saturated rings. The highest BCUT2D eigenvalue weighted by molar-refractivity contribution is 6.89. The first-order valence-electron chi connectivity index (χ1n) is 28.6. The van der Waals surface area contributed by atoms with Gasteiger partial charge in [-0.05, 0) is 169 Å². The Hall–Kier alpha value is -6.98. The standard InChI is InChI=1S/C72H74BN3O/c1-67(2,3)44-23-27-46(28-24-44)74(47-29-25-45(26-30-47)68(4,5)6)49-38-54-52-21-17-20-51-53-32-22-43-18-15-16-19-50(43)63(53)76(64(51)52)73-62(54)60(40-49)75(48-31-33-56-57(39-48)70(9,10)35-34-69(56,7)8)65-55-41-58-59(42-61(55)77-66(65)73)72(13,14)37-36-71(58,11)12/h15-33,38-42H,34-37H2,1-14H3. The molecule has 77 heavy (non-hydrogen) atoms. The first-order chi connectivity index (χ1) is 36.4. The Morgan fingerprint density at radius 2 is 1.03 bits per heavy atom. The van der Waals surface area contributed by atoms with Crippen LogP contribution in [0.25, 0.3) is 54.7 Å². The van der Waals surface area contributed by atoms with E-state index in [1.54, 1.807) is 0 Å². The van der Waals surface area contributed by atoms with Crippen LogP contribution in [0, 0.1) is 0 Å². The zero-order valence-electron chi connectivity index (χ0n) is 48.0. The zero-order valence-corrected chi connectivity index (χ0v) is 48.0. The van der Waals surface area contributed by atoms with E-state index in [2.05, 4.69) is 257 Å². The number of aromatic nitrogens is 1. The lowest BCUT2D eigenvalue weighted by Crippen LogP contribution is -2.56. The summed E-state index contributed by atoms with van der Waals surface area (Å²) < 4.78 is 10.5. The molecule has 2 aromatic heterocycles. The van der Waals surface area contributed by atoms with E-state index in [1.807, 2.05) is 0 Å². The molecule has 4 heterocycles. The van der Waals surface area contributed by atoms with E-state index < -0.39 is 0 Å². The van der Waals surface area contributed by atoms with E-state index in [1.165, 1.54) is 99.3 Å². The first-order valence-corrected chi connectivity index (χ1v) is 28.6. The van der Waals surface area contributed by atoms with Crippen molar-refractivity contribution in [1.29, 1.82) is 0 Å². The molecule has 10 aromatic rings. The zero-order chi connectivity index (χ0) is 53.7. The van der Waals surface area contributed by atoms with Gasteiger partial charge in [-0.3, -0.25) is 0 Å². The van der Waals surface area contributed by atoms with Crippen LogP contribution < -0.4 is 20.9 Å². The summed E-state index contributed by atoms with van der Waals surface area (Å²) in [5.41, 5.74) is 23.7. The van der Waals surface area contributed by atoms with Crippen molar-refractivity contribution in [3.05, 3.63) is 179 Å². The summed E-state index contributed by atoms with van der Waals surface area (Å²) in [6.45, 7) is 33.2. The number of anilines is 6. The van der Waals surface area contributed by atoms with Gasteiger partial charge in [-0.1, -0.05) is 182 Å². The van der Waals surface area contributed by atoms with Gasteiger partial charge in [0.2, 0.25) is 0 Å². The van der Waals surface area contributed by atoms with Crippen LogP contribution in [0.15, 0.2) is 150 Å². The van der Waals surface area contributed by atoms with E-state index in [9.17, 15) is 0 Å². The van der Waals surface area contributed by atoms with Crippen molar-refractivity contribution in [3.63, 3.8) is 0 Å². The third-order valence-electron chi connectivity index (χ3n) is 19.4. The highest BCUT2D eigenvalue weighted by atomic mass is 16.3. The quantitative estimate of drug-likeness (QED) is 0.164. The predicted molar refractivity (Wildman–Crippen MR) is 330 cm³/mol. The molecule has 0 saturated carbocycles. The van der Waals surface area contributed by atoms with E-state index in [0.29, 0.717) is 0 Å².